The van der Waals surface area contributed by atoms with Crippen LogP contribution in [-0.2, 0) is 20.1 Å². The van der Waals surface area contributed by atoms with Gasteiger partial charge in [0.2, 0.25) is 0 Å². The highest BCUT2D eigenvalue weighted by Gasteiger charge is 2.06. The van der Waals surface area contributed by atoms with Crippen LogP contribution < -0.4 is 4.74 Å². The van der Waals surface area contributed by atoms with Crippen molar-refractivity contribution < 1.29 is 14.2 Å². The van der Waals surface area contributed by atoms with Crippen LogP contribution in [-0.4, -0.2) is 21.5 Å². The Bertz CT molecular complexity index is 683. The molecule has 0 unspecified atom stereocenters. The molecule has 0 amide bonds. The SMILES string of the molecule is CCc1cc(COc2ccc(C#CCO)c(F)c2)n(C)n1. The third-order valence-electron chi connectivity index (χ3n) is 3.02. The maximum absolute atomic E-state index is 13.8. The number of aromatic nitrogens is 2. The summed E-state index contributed by atoms with van der Waals surface area (Å²) in [4.78, 5) is 0. The standard InChI is InChI=1S/C16H17FN2O2/c1-3-13-9-14(19(2)18-13)11-21-15-7-6-12(5-4-8-20)16(17)10-15/h6-7,9-10,20H,3,8,11H2,1-2H3. The third-order valence-corrected chi connectivity index (χ3v) is 3.02. The fourth-order valence-electron chi connectivity index (χ4n) is 1.86. The summed E-state index contributed by atoms with van der Waals surface area (Å²) in [6, 6.07) is 6.45. The Balaban J connectivity index is 2.06. The molecule has 0 atom stereocenters. The van der Waals surface area contributed by atoms with Gasteiger partial charge in [-0.15, -0.1) is 0 Å². The molecule has 0 aliphatic carbocycles. The van der Waals surface area contributed by atoms with Gasteiger partial charge in [-0.05, 0) is 24.6 Å². The summed E-state index contributed by atoms with van der Waals surface area (Å²) >= 11 is 0. The molecule has 1 N–H and O–H groups in total. The van der Waals surface area contributed by atoms with Gasteiger partial charge in [0.05, 0.1) is 17.0 Å². The van der Waals surface area contributed by atoms with Crippen LogP contribution in [0.15, 0.2) is 24.3 Å². The van der Waals surface area contributed by atoms with E-state index in [-0.39, 0.29) is 12.2 Å². The molecule has 0 saturated carbocycles. The fraction of sp³-hybridized carbons (Fsp3) is 0.312. The van der Waals surface area contributed by atoms with E-state index in [1.54, 1.807) is 10.7 Å². The highest BCUT2D eigenvalue weighted by molar-refractivity contribution is 5.39. The zero-order valence-electron chi connectivity index (χ0n) is 12.1. The Labute approximate surface area is 123 Å². The molecule has 0 bridgehead atoms. The Kier molecular flexibility index (Phi) is 4.96. The molecule has 0 aliphatic heterocycles. The molecular weight excluding hydrogens is 271 g/mol. The van der Waals surface area contributed by atoms with Crippen molar-refractivity contribution in [3.05, 3.63) is 47.0 Å². The van der Waals surface area contributed by atoms with Gasteiger partial charge in [-0.1, -0.05) is 18.8 Å². The lowest BCUT2D eigenvalue weighted by Gasteiger charge is -2.07. The molecule has 2 aromatic rings. The van der Waals surface area contributed by atoms with Gasteiger partial charge in [0.1, 0.15) is 24.8 Å². The molecule has 0 saturated heterocycles. The van der Waals surface area contributed by atoms with E-state index in [4.69, 9.17) is 9.84 Å². The molecule has 0 fully saturated rings. The van der Waals surface area contributed by atoms with Gasteiger partial charge in [-0.3, -0.25) is 4.68 Å². The zero-order valence-corrected chi connectivity index (χ0v) is 12.1. The van der Waals surface area contributed by atoms with E-state index in [9.17, 15) is 4.39 Å². The fourth-order valence-corrected chi connectivity index (χ4v) is 1.86. The van der Waals surface area contributed by atoms with Gasteiger partial charge in [-0.25, -0.2) is 4.39 Å². The van der Waals surface area contributed by atoms with E-state index in [2.05, 4.69) is 16.9 Å². The Morgan fingerprint density at radius 3 is 2.81 bits per heavy atom. The van der Waals surface area contributed by atoms with E-state index >= 15 is 0 Å². The molecule has 0 radical (unpaired) electrons. The summed E-state index contributed by atoms with van der Waals surface area (Å²) in [5, 5.41) is 12.9. The van der Waals surface area contributed by atoms with Crippen molar-refractivity contribution in [1.82, 2.24) is 9.78 Å². The number of halogens is 1. The summed E-state index contributed by atoms with van der Waals surface area (Å²) in [5.41, 5.74) is 2.17. The molecule has 0 spiro atoms. The van der Waals surface area contributed by atoms with Gasteiger partial charge in [-0.2, -0.15) is 5.10 Å². The topological polar surface area (TPSA) is 47.3 Å². The van der Waals surface area contributed by atoms with E-state index in [0.29, 0.717) is 12.4 Å². The first-order valence-corrected chi connectivity index (χ1v) is 6.68. The van der Waals surface area contributed by atoms with Crippen molar-refractivity contribution in [2.45, 2.75) is 20.0 Å². The van der Waals surface area contributed by atoms with Crippen LogP contribution in [0.2, 0.25) is 0 Å². The van der Waals surface area contributed by atoms with Crippen molar-refractivity contribution in [3.8, 4) is 17.6 Å². The smallest absolute Gasteiger partial charge is 0.142 e. The average molecular weight is 288 g/mol. The molecule has 110 valence electrons. The predicted molar refractivity (Wildman–Crippen MR) is 77.3 cm³/mol. The maximum Gasteiger partial charge on any atom is 0.142 e. The van der Waals surface area contributed by atoms with Crippen molar-refractivity contribution in [3.63, 3.8) is 0 Å². The number of nitrogens with zero attached hydrogens (tertiary/aromatic N) is 2. The number of hydrogen-bond donors (Lipinski definition) is 1. The highest BCUT2D eigenvalue weighted by Crippen LogP contribution is 2.17. The van der Waals surface area contributed by atoms with Crippen LogP contribution >= 0.6 is 0 Å². The van der Waals surface area contributed by atoms with Crippen molar-refractivity contribution in [2.24, 2.45) is 7.05 Å². The number of aliphatic hydroxyl groups excluding tert-OH is 1. The molecule has 21 heavy (non-hydrogen) atoms. The van der Waals surface area contributed by atoms with Crippen LogP contribution in [0.1, 0.15) is 23.9 Å². The van der Waals surface area contributed by atoms with E-state index in [1.807, 2.05) is 20.0 Å². The molecule has 1 aromatic heterocycles. The van der Waals surface area contributed by atoms with Gasteiger partial charge in [0.15, 0.2) is 0 Å². The molecule has 1 aromatic carbocycles. The summed E-state index contributed by atoms with van der Waals surface area (Å²) in [6.07, 6.45) is 0.862. The number of rotatable bonds is 4. The second kappa shape index (κ2) is 6.91. The Morgan fingerprint density at radius 2 is 2.19 bits per heavy atom. The van der Waals surface area contributed by atoms with Gasteiger partial charge >= 0.3 is 0 Å². The van der Waals surface area contributed by atoms with Gasteiger partial charge in [0, 0.05) is 13.1 Å². The first-order chi connectivity index (χ1) is 10.1. The van der Waals surface area contributed by atoms with Gasteiger partial charge < -0.3 is 9.84 Å². The van der Waals surface area contributed by atoms with E-state index in [1.165, 1.54) is 12.1 Å². The largest absolute Gasteiger partial charge is 0.487 e. The average Bonchev–Trinajstić information content (AvgIpc) is 2.84. The van der Waals surface area contributed by atoms with Crippen LogP contribution in [0.25, 0.3) is 0 Å². The first-order valence-electron chi connectivity index (χ1n) is 6.68. The summed E-state index contributed by atoms with van der Waals surface area (Å²) in [6.45, 7) is 2.07. The molecule has 5 heteroatoms. The normalized spacial score (nSPS) is 10.1. The zero-order chi connectivity index (χ0) is 15.2. The van der Waals surface area contributed by atoms with Gasteiger partial charge in [0.25, 0.3) is 0 Å². The lowest BCUT2D eigenvalue weighted by atomic mass is 10.2. The minimum absolute atomic E-state index is 0.241. The quantitative estimate of drug-likeness (QED) is 0.876. The van der Waals surface area contributed by atoms with Crippen LogP contribution in [0.5, 0.6) is 5.75 Å². The number of hydrogen-bond acceptors (Lipinski definition) is 3. The van der Waals surface area contributed by atoms with Crippen molar-refractivity contribution in [2.75, 3.05) is 6.61 Å². The lowest BCUT2D eigenvalue weighted by molar-refractivity contribution is 0.293. The molecular formula is C16H17FN2O2. The molecule has 4 nitrogen and oxygen atoms in total. The number of benzene rings is 1. The van der Waals surface area contributed by atoms with Crippen LogP contribution in [0.3, 0.4) is 0 Å². The monoisotopic (exact) mass is 288 g/mol. The first kappa shape index (κ1) is 15.1. The molecule has 0 aliphatic rings. The summed E-state index contributed by atoms with van der Waals surface area (Å²) in [5.74, 6) is 4.92. The minimum atomic E-state index is -0.465. The maximum atomic E-state index is 13.8. The molecule has 1 heterocycles. The molecule has 2 rings (SSSR count). The number of ether oxygens (including phenoxy) is 1. The van der Waals surface area contributed by atoms with Crippen molar-refractivity contribution >= 4 is 0 Å². The van der Waals surface area contributed by atoms with Crippen molar-refractivity contribution in [1.29, 1.82) is 0 Å². The Morgan fingerprint density at radius 1 is 1.38 bits per heavy atom. The second-order valence-electron chi connectivity index (χ2n) is 4.49. The third kappa shape index (κ3) is 3.83. The van der Waals surface area contributed by atoms with Crippen LogP contribution in [0.4, 0.5) is 4.39 Å². The minimum Gasteiger partial charge on any atom is -0.487 e. The Hall–Kier alpha value is -2.32. The van der Waals surface area contributed by atoms with E-state index in [0.717, 1.165) is 17.8 Å². The predicted octanol–water partition coefficient (Wildman–Crippen LogP) is 2.04. The second-order valence-corrected chi connectivity index (χ2v) is 4.49. The summed E-state index contributed by atoms with van der Waals surface area (Å²) < 4.78 is 21.1. The highest BCUT2D eigenvalue weighted by atomic mass is 19.1. The number of aryl methyl sites for hydroxylation is 2. The van der Waals surface area contributed by atoms with Crippen LogP contribution in [0, 0.1) is 17.7 Å². The number of aliphatic hydroxyl groups is 1. The lowest BCUT2D eigenvalue weighted by Crippen LogP contribution is -2.03. The summed E-state index contributed by atoms with van der Waals surface area (Å²) in [7, 11) is 1.85. The van der Waals surface area contributed by atoms with E-state index < -0.39 is 5.82 Å².